The van der Waals surface area contributed by atoms with Crippen LogP contribution in [0.3, 0.4) is 0 Å². The number of aryl methyl sites for hydroxylation is 2. The predicted molar refractivity (Wildman–Crippen MR) is 129 cm³/mol. The molecule has 0 saturated carbocycles. The maximum Gasteiger partial charge on any atom is 0.264 e. The monoisotopic (exact) mass is 465 g/mol. The minimum absolute atomic E-state index is 0.0739. The molecule has 7 nitrogen and oxygen atoms in total. The summed E-state index contributed by atoms with van der Waals surface area (Å²) in [6.45, 7) is 7.96. The van der Waals surface area contributed by atoms with Gasteiger partial charge in [0.2, 0.25) is 5.91 Å². The Labute approximate surface area is 197 Å². The first-order valence-electron chi connectivity index (χ1n) is 10.8. The molecule has 0 fully saturated rings. The third-order valence-electron chi connectivity index (χ3n) is 5.69. The summed E-state index contributed by atoms with van der Waals surface area (Å²) >= 11 is 1.35. The number of thiazole rings is 1. The van der Waals surface area contributed by atoms with Crippen LogP contribution in [-0.2, 0) is 9.59 Å². The van der Waals surface area contributed by atoms with Gasteiger partial charge in [0.1, 0.15) is 11.5 Å². The van der Waals surface area contributed by atoms with Crippen molar-refractivity contribution in [2.24, 2.45) is 0 Å². The van der Waals surface area contributed by atoms with Gasteiger partial charge in [0, 0.05) is 29.9 Å². The van der Waals surface area contributed by atoms with Crippen molar-refractivity contribution in [1.29, 1.82) is 0 Å². The summed E-state index contributed by atoms with van der Waals surface area (Å²) in [5.74, 6) is 1.18. The van der Waals surface area contributed by atoms with Crippen molar-refractivity contribution in [3.63, 3.8) is 0 Å². The van der Waals surface area contributed by atoms with Crippen molar-refractivity contribution in [3.8, 4) is 22.8 Å². The first-order valence-corrected chi connectivity index (χ1v) is 11.7. The van der Waals surface area contributed by atoms with Crippen molar-refractivity contribution >= 4 is 28.3 Å². The zero-order chi connectivity index (χ0) is 23.5. The van der Waals surface area contributed by atoms with E-state index in [9.17, 15) is 9.59 Å². The molecule has 0 aliphatic carbocycles. The van der Waals surface area contributed by atoms with Gasteiger partial charge in [0.15, 0.2) is 11.7 Å². The molecule has 0 spiro atoms. The largest absolute Gasteiger partial charge is 0.493 e. The van der Waals surface area contributed by atoms with Crippen LogP contribution in [0.1, 0.15) is 41.6 Å². The highest BCUT2D eigenvalue weighted by molar-refractivity contribution is 7.14. The number of amides is 2. The normalized spacial score (nSPS) is 14.7. The van der Waals surface area contributed by atoms with E-state index < -0.39 is 0 Å². The lowest BCUT2D eigenvalue weighted by Crippen LogP contribution is -2.30. The number of benzene rings is 2. The fraction of sp³-hybridized carbons (Fsp3) is 0.320. The van der Waals surface area contributed by atoms with Crippen LogP contribution >= 0.6 is 11.3 Å². The molecule has 33 heavy (non-hydrogen) atoms. The van der Waals surface area contributed by atoms with E-state index in [2.05, 4.69) is 15.6 Å². The number of carbonyl (C=O) groups is 2. The van der Waals surface area contributed by atoms with Crippen molar-refractivity contribution in [2.75, 3.05) is 18.5 Å². The Morgan fingerprint density at radius 1 is 1.18 bits per heavy atom. The van der Waals surface area contributed by atoms with Gasteiger partial charge < -0.3 is 14.8 Å². The predicted octanol–water partition coefficient (Wildman–Crippen LogP) is 4.71. The molecule has 2 heterocycles. The molecule has 0 bridgehead atoms. The van der Waals surface area contributed by atoms with Crippen LogP contribution < -0.4 is 20.1 Å². The minimum atomic E-state index is -0.263. The van der Waals surface area contributed by atoms with Crippen LogP contribution in [-0.4, -0.2) is 30.0 Å². The van der Waals surface area contributed by atoms with Gasteiger partial charge in [0.05, 0.1) is 18.3 Å². The van der Waals surface area contributed by atoms with Gasteiger partial charge in [-0.15, -0.1) is 11.3 Å². The van der Waals surface area contributed by atoms with Crippen LogP contribution in [0.2, 0.25) is 0 Å². The van der Waals surface area contributed by atoms with E-state index in [1.807, 2.05) is 56.5 Å². The van der Waals surface area contributed by atoms with E-state index in [4.69, 9.17) is 9.47 Å². The molecule has 0 radical (unpaired) electrons. The number of ether oxygens (including phenoxy) is 2. The maximum absolute atomic E-state index is 12.5. The average Bonchev–Trinajstić information content (AvgIpc) is 3.24. The van der Waals surface area contributed by atoms with Gasteiger partial charge in [-0.05, 0) is 55.7 Å². The van der Waals surface area contributed by atoms with Gasteiger partial charge in [-0.2, -0.15) is 0 Å². The van der Waals surface area contributed by atoms with E-state index >= 15 is 0 Å². The van der Waals surface area contributed by atoms with Crippen LogP contribution in [0.4, 0.5) is 5.13 Å². The van der Waals surface area contributed by atoms with Crippen LogP contribution in [0, 0.1) is 20.8 Å². The molecule has 1 aliphatic rings. The van der Waals surface area contributed by atoms with Crippen molar-refractivity contribution < 1.29 is 19.1 Å². The van der Waals surface area contributed by atoms with E-state index in [0.29, 0.717) is 18.2 Å². The number of anilines is 1. The number of nitrogens with one attached hydrogen (secondary N) is 2. The minimum Gasteiger partial charge on any atom is -0.493 e. The van der Waals surface area contributed by atoms with E-state index in [0.717, 1.165) is 45.0 Å². The van der Waals surface area contributed by atoms with E-state index in [1.54, 1.807) is 0 Å². The summed E-state index contributed by atoms with van der Waals surface area (Å²) < 4.78 is 11.5. The van der Waals surface area contributed by atoms with Crippen molar-refractivity contribution in [3.05, 3.63) is 58.0 Å². The number of aromatic nitrogens is 1. The number of nitrogens with zero attached hydrogens (tertiary/aromatic N) is 1. The highest BCUT2D eigenvalue weighted by atomic mass is 32.1. The van der Waals surface area contributed by atoms with E-state index in [-0.39, 0.29) is 24.5 Å². The quantitative estimate of drug-likeness (QED) is 0.550. The highest BCUT2D eigenvalue weighted by Gasteiger charge is 2.23. The van der Waals surface area contributed by atoms with Crippen molar-refractivity contribution in [1.82, 2.24) is 10.3 Å². The molecule has 2 N–H and O–H groups in total. The molecule has 8 heteroatoms. The lowest BCUT2D eigenvalue weighted by molar-refractivity contribution is -0.120. The Hall–Kier alpha value is -3.39. The molecule has 1 aromatic heterocycles. The lowest BCUT2D eigenvalue weighted by atomic mass is 9.97. The summed E-state index contributed by atoms with van der Waals surface area (Å²) in [6.07, 6.45) is 0.717. The third-order valence-corrected chi connectivity index (χ3v) is 6.45. The Morgan fingerprint density at radius 2 is 1.97 bits per heavy atom. The zero-order valence-corrected chi connectivity index (χ0v) is 20.0. The van der Waals surface area contributed by atoms with Gasteiger partial charge in [0.25, 0.3) is 5.91 Å². The molecule has 172 valence electrons. The van der Waals surface area contributed by atoms with Crippen LogP contribution in [0.5, 0.6) is 11.5 Å². The second-order valence-electron chi connectivity index (χ2n) is 8.17. The highest BCUT2D eigenvalue weighted by Crippen LogP contribution is 2.36. The summed E-state index contributed by atoms with van der Waals surface area (Å²) in [5.41, 5.74) is 5.73. The van der Waals surface area contributed by atoms with Crippen LogP contribution in [0.25, 0.3) is 11.3 Å². The lowest BCUT2D eigenvalue weighted by Gasteiger charge is -2.26. The second-order valence-corrected chi connectivity index (χ2v) is 9.03. The fourth-order valence-corrected chi connectivity index (χ4v) is 4.59. The summed E-state index contributed by atoms with van der Waals surface area (Å²) in [5, 5.41) is 8.19. The van der Waals surface area contributed by atoms with Gasteiger partial charge in [-0.1, -0.05) is 12.1 Å². The van der Waals surface area contributed by atoms with Crippen molar-refractivity contribution in [2.45, 2.75) is 40.2 Å². The van der Waals surface area contributed by atoms with Gasteiger partial charge >= 0.3 is 0 Å². The van der Waals surface area contributed by atoms with E-state index in [1.165, 1.54) is 18.3 Å². The Balaban J connectivity index is 1.44. The molecule has 3 aromatic rings. The first-order chi connectivity index (χ1) is 15.8. The molecule has 0 saturated heterocycles. The topological polar surface area (TPSA) is 89.6 Å². The maximum atomic E-state index is 12.5. The molecule has 2 aromatic carbocycles. The molecular weight excluding hydrogens is 438 g/mol. The zero-order valence-electron chi connectivity index (χ0n) is 19.2. The first kappa shape index (κ1) is 22.8. The summed E-state index contributed by atoms with van der Waals surface area (Å²) in [7, 11) is 0. The second kappa shape index (κ2) is 9.62. The third kappa shape index (κ3) is 5.17. The Morgan fingerprint density at radius 3 is 2.76 bits per heavy atom. The smallest absolute Gasteiger partial charge is 0.264 e. The molecule has 1 aliphatic heterocycles. The number of hydrogen-bond acceptors (Lipinski definition) is 6. The molecule has 1 unspecified atom stereocenters. The number of carbonyl (C=O) groups excluding carboxylic acids is 2. The molecule has 1 atom stereocenters. The molecular formula is C25H27N3O4S. The Kier molecular flexibility index (Phi) is 6.65. The molecule has 4 rings (SSSR count). The Bertz CT molecular complexity index is 1200. The number of fused-ring (bicyclic) bond motifs is 1. The van der Waals surface area contributed by atoms with Gasteiger partial charge in [-0.3, -0.25) is 14.9 Å². The van der Waals surface area contributed by atoms with Gasteiger partial charge in [-0.25, -0.2) is 4.98 Å². The number of rotatable bonds is 6. The standard InChI is InChI=1S/C25H27N3O4S/c1-14-5-6-15(2)24(16(14)3)32-12-23(30)28-25-27-21(13-33-25)18-7-8-22-19(11-18)20(9-10-31-22)26-17(4)29/h5-8,11,13,20H,9-10,12H2,1-4H3,(H,26,29)(H,27,28,30). The summed E-state index contributed by atoms with van der Waals surface area (Å²) in [4.78, 5) is 28.6. The SMILES string of the molecule is CC(=O)NC1CCOc2ccc(-c3csc(NC(=O)COc4c(C)ccc(C)c4C)n3)cc21. The molecule has 2 amide bonds. The van der Waals surface area contributed by atoms with Crippen LogP contribution in [0.15, 0.2) is 35.7 Å². The fourth-order valence-electron chi connectivity index (χ4n) is 3.85. The summed E-state index contributed by atoms with van der Waals surface area (Å²) in [6, 6.07) is 9.76. The average molecular weight is 466 g/mol. The number of hydrogen-bond donors (Lipinski definition) is 2.